The molecular weight excluding hydrogens is 477 g/mol. The standard InChI is InChI=1S/C29H30FNO6/c1-5-36-28(33)23-16(3)31-22-15-21(18-8-7-9-20(14-18)35-4)25(29(34)37-6-2)27(32)26(22)24(23)17-10-12-19(30)13-11-17/h7-14,21,24-25,31H,5-6,15H2,1-4H3/t21-,24+,25+/m0/s1. The lowest BCUT2D eigenvalue weighted by molar-refractivity contribution is -0.152. The van der Waals surface area contributed by atoms with Gasteiger partial charge in [0.15, 0.2) is 5.78 Å². The van der Waals surface area contributed by atoms with Crippen molar-refractivity contribution in [1.29, 1.82) is 0 Å². The zero-order chi connectivity index (χ0) is 26.7. The van der Waals surface area contributed by atoms with Gasteiger partial charge < -0.3 is 19.5 Å². The molecule has 0 radical (unpaired) electrons. The lowest BCUT2D eigenvalue weighted by Gasteiger charge is -2.39. The van der Waals surface area contributed by atoms with Crippen molar-refractivity contribution in [2.24, 2.45) is 5.92 Å². The fourth-order valence-corrected chi connectivity index (χ4v) is 5.19. The van der Waals surface area contributed by atoms with E-state index in [0.29, 0.717) is 29.1 Å². The van der Waals surface area contributed by atoms with Crippen molar-refractivity contribution in [2.45, 2.75) is 39.0 Å². The Morgan fingerprint density at radius 3 is 2.38 bits per heavy atom. The number of ether oxygens (including phenoxy) is 3. The smallest absolute Gasteiger partial charge is 0.336 e. The van der Waals surface area contributed by atoms with Gasteiger partial charge >= 0.3 is 11.9 Å². The Morgan fingerprint density at radius 2 is 1.73 bits per heavy atom. The quantitative estimate of drug-likeness (QED) is 0.434. The molecule has 1 aliphatic carbocycles. The fourth-order valence-electron chi connectivity index (χ4n) is 5.19. The van der Waals surface area contributed by atoms with Crippen molar-refractivity contribution in [3.05, 3.63) is 88.0 Å². The van der Waals surface area contributed by atoms with E-state index in [0.717, 1.165) is 5.56 Å². The van der Waals surface area contributed by atoms with E-state index in [1.54, 1.807) is 46.1 Å². The molecule has 194 valence electrons. The summed E-state index contributed by atoms with van der Waals surface area (Å²) in [5.41, 5.74) is 3.00. The number of dihydropyridines is 1. The number of rotatable bonds is 7. The number of ketones is 1. The summed E-state index contributed by atoms with van der Waals surface area (Å²) in [6, 6.07) is 12.9. The van der Waals surface area contributed by atoms with Gasteiger partial charge in [-0.2, -0.15) is 0 Å². The van der Waals surface area contributed by atoms with Crippen LogP contribution in [0.4, 0.5) is 4.39 Å². The Hall–Kier alpha value is -3.94. The van der Waals surface area contributed by atoms with E-state index >= 15 is 0 Å². The van der Waals surface area contributed by atoms with Crippen LogP contribution in [0.5, 0.6) is 5.75 Å². The van der Waals surface area contributed by atoms with Gasteiger partial charge in [0, 0.05) is 28.8 Å². The molecule has 0 spiro atoms. The molecule has 1 N–H and O–H groups in total. The molecule has 2 aromatic carbocycles. The minimum atomic E-state index is -1.13. The number of carbonyl (C=O) groups is 3. The number of hydrogen-bond acceptors (Lipinski definition) is 7. The van der Waals surface area contributed by atoms with Gasteiger partial charge in [-0.25, -0.2) is 9.18 Å². The highest BCUT2D eigenvalue weighted by atomic mass is 19.1. The predicted octanol–water partition coefficient (Wildman–Crippen LogP) is 4.55. The second kappa shape index (κ2) is 11.0. The van der Waals surface area contributed by atoms with Crippen LogP contribution in [0, 0.1) is 11.7 Å². The molecule has 0 fully saturated rings. The van der Waals surface area contributed by atoms with Gasteiger partial charge in [0.1, 0.15) is 17.5 Å². The molecule has 37 heavy (non-hydrogen) atoms. The molecule has 1 aliphatic heterocycles. The molecule has 0 bridgehead atoms. The molecule has 0 saturated heterocycles. The molecule has 0 unspecified atom stereocenters. The Labute approximate surface area is 215 Å². The molecule has 1 heterocycles. The van der Waals surface area contributed by atoms with Gasteiger partial charge in [-0.05, 0) is 62.6 Å². The highest BCUT2D eigenvalue weighted by Crippen LogP contribution is 2.48. The summed E-state index contributed by atoms with van der Waals surface area (Å²) in [7, 11) is 1.55. The number of carbonyl (C=O) groups excluding carboxylic acids is 3. The molecule has 3 atom stereocenters. The largest absolute Gasteiger partial charge is 0.497 e. The van der Waals surface area contributed by atoms with Gasteiger partial charge in [-0.1, -0.05) is 24.3 Å². The van der Waals surface area contributed by atoms with E-state index in [1.807, 2.05) is 18.2 Å². The van der Waals surface area contributed by atoms with Crippen LogP contribution >= 0.6 is 0 Å². The van der Waals surface area contributed by atoms with Crippen molar-refractivity contribution in [3.63, 3.8) is 0 Å². The predicted molar refractivity (Wildman–Crippen MR) is 134 cm³/mol. The van der Waals surface area contributed by atoms with Crippen LogP contribution in [0.15, 0.2) is 71.1 Å². The minimum absolute atomic E-state index is 0.117. The molecule has 0 aromatic heterocycles. The van der Waals surface area contributed by atoms with Crippen LogP contribution in [-0.2, 0) is 23.9 Å². The number of allylic oxidation sites excluding steroid dienone is 3. The van der Waals surface area contributed by atoms with Crippen molar-refractivity contribution in [3.8, 4) is 5.75 Å². The van der Waals surface area contributed by atoms with Gasteiger partial charge in [-0.15, -0.1) is 0 Å². The molecule has 8 heteroatoms. The van der Waals surface area contributed by atoms with Crippen LogP contribution in [-0.4, -0.2) is 38.0 Å². The van der Waals surface area contributed by atoms with Crippen molar-refractivity contribution < 1.29 is 33.0 Å². The maximum absolute atomic E-state index is 14.2. The lowest BCUT2D eigenvalue weighted by Crippen LogP contribution is -2.43. The first kappa shape index (κ1) is 26.1. The summed E-state index contributed by atoms with van der Waals surface area (Å²) < 4.78 is 29.8. The summed E-state index contributed by atoms with van der Waals surface area (Å²) in [6.45, 7) is 5.39. The number of hydrogen-bond donors (Lipinski definition) is 1. The average Bonchev–Trinajstić information content (AvgIpc) is 2.88. The minimum Gasteiger partial charge on any atom is -0.497 e. The highest BCUT2D eigenvalue weighted by Gasteiger charge is 2.49. The van der Waals surface area contributed by atoms with Crippen LogP contribution in [0.1, 0.15) is 50.2 Å². The molecular formula is C29H30FNO6. The topological polar surface area (TPSA) is 90.9 Å². The van der Waals surface area contributed by atoms with Gasteiger partial charge in [0.25, 0.3) is 0 Å². The number of Topliss-reactive ketones (excluding diaryl/α,β-unsaturated/α-hetero) is 1. The van der Waals surface area contributed by atoms with Crippen molar-refractivity contribution in [2.75, 3.05) is 20.3 Å². The maximum Gasteiger partial charge on any atom is 0.336 e. The highest BCUT2D eigenvalue weighted by molar-refractivity contribution is 6.13. The Kier molecular flexibility index (Phi) is 7.76. The van der Waals surface area contributed by atoms with Crippen molar-refractivity contribution >= 4 is 17.7 Å². The van der Waals surface area contributed by atoms with E-state index in [1.165, 1.54) is 12.1 Å². The maximum atomic E-state index is 14.2. The number of benzene rings is 2. The third-order valence-corrected chi connectivity index (χ3v) is 6.78. The zero-order valence-corrected chi connectivity index (χ0v) is 21.3. The Balaban J connectivity index is 1.89. The SMILES string of the molecule is CCOC(=O)C1=C(C)NC2=C(C(=O)[C@H](C(=O)OCC)[C@H](c3cccc(OC)c3)C2)[C@@H]1c1ccc(F)cc1. The van der Waals surface area contributed by atoms with Crippen LogP contribution < -0.4 is 10.1 Å². The summed E-state index contributed by atoms with van der Waals surface area (Å²) in [5, 5.41) is 3.25. The monoisotopic (exact) mass is 507 g/mol. The third kappa shape index (κ3) is 5.01. The molecule has 7 nitrogen and oxygen atoms in total. The molecule has 0 saturated carbocycles. The van der Waals surface area contributed by atoms with Crippen LogP contribution in [0.3, 0.4) is 0 Å². The summed E-state index contributed by atoms with van der Waals surface area (Å²) in [6.07, 6.45) is 0.322. The van der Waals surface area contributed by atoms with E-state index in [9.17, 15) is 18.8 Å². The first-order valence-corrected chi connectivity index (χ1v) is 12.3. The molecule has 2 aromatic rings. The van der Waals surface area contributed by atoms with Gasteiger partial charge in [-0.3, -0.25) is 9.59 Å². The normalized spacial score (nSPS) is 21.2. The van der Waals surface area contributed by atoms with Crippen LogP contribution in [0.25, 0.3) is 0 Å². The zero-order valence-electron chi connectivity index (χ0n) is 21.3. The fraction of sp³-hybridized carbons (Fsp3) is 0.345. The summed E-state index contributed by atoms with van der Waals surface area (Å²) in [5.74, 6) is -3.96. The Morgan fingerprint density at radius 1 is 1.03 bits per heavy atom. The average molecular weight is 508 g/mol. The van der Waals surface area contributed by atoms with Crippen molar-refractivity contribution in [1.82, 2.24) is 5.32 Å². The first-order valence-electron chi connectivity index (χ1n) is 12.3. The number of esters is 2. The number of nitrogens with one attached hydrogen (secondary N) is 1. The first-order chi connectivity index (χ1) is 17.8. The Bertz CT molecular complexity index is 1280. The summed E-state index contributed by atoms with van der Waals surface area (Å²) >= 11 is 0. The lowest BCUT2D eigenvalue weighted by atomic mass is 9.67. The van der Waals surface area contributed by atoms with E-state index in [4.69, 9.17) is 14.2 Å². The summed E-state index contributed by atoms with van der Waals surface area (Å²) in [4.78, 5) is 40.5. The van der Waals surface area contributed by atoms with Gasteiger partial charge in [0.2, 0.25) is 0 Å². The second-order valence-electron chi connectivity index (χ2n) is 8.94. The van der Waals surface area contributed by atoms with E-state index < -0.39 is 41.3 Å². The number of methoxy groups -OCH3 is 1. The molecule has 4 rings (SSSR count). The van der Waals surface area contributed by atoms with Crippen LogP contribution in [0.2, 0.25) is 0 Å². The number of halogens is 1. The van der Waals surface area contributed by atoms with Gasteiger partial charge in [0.05, 0.1) is 25.9 Å². The molecule has 2 aliphatic rings. The third-order valence-electron chi connectivity index (χ3n) is 6.78. The second-order valence-corrected chi connectivity index (χ2v) is 8.94. The van der Waals surface area contributed by atoms with E-state index in [2.05, 4.69) is 5.32 Å². The molecule has 0 amide bonds. The van der Waals surface area contributed by atoms with E-state index in [-0.39, 0.29) is 24.4 Å².